The number of hydrogen-bond donors (Lipinski definition) is 1. The third-order valence-corrected chi connectivity index (χ3v) is 4.04. The molecule has 0 bridgehead atoms. The number of ether oxygens (including phenoxy) is 1. The highest BCUT2D eigenvalue weighted by Gasteiger charge is 2.26. The van der Waals surface area contributed by atoms with Crippen LogP contribution in [0.3, 0.4) is 0 Å². The maximum absolute atomic E-state index is 12.2. The fourth-order valence-corrected chi connectivity index (χ4v) is 2.61. The van der Waals surface area contributed by atoms with Crippen molar-refractivity contribution in [3.05, 3.63) is 0 Å². The number of methoxy groups -OCH3 is 1. The highest BCUT2D eigenvalue weighted by Crippen LogP contribution is 2.21. The molecule has 0 spiro atoms. The van der Waals surface area contributed by atoms with E-state index in [0.717, 1.165) is 12.8 Å². The monoisotopic (exact) mass is 285 g/mol. The Morgan fingerprint density at radius 3 is 2.35 bits per heavy atom. The maximum atomic E-state index is 12.2. The number of likely N-dealkylation sites (N-methyl/N-ethyl adjacent to an activating group) is 2. The summed E-state index contributed by atoms with van der Waals surface area (Å²) in [5, 5.41) is 0. The van der Waals surface area contributed by atoms with Crippen LogP contribution in [0.5, 0.6) is 0 Å². The van der Waals surface area contributed by atoms with Crippen LogP contribution in [-0.2, 0) is 14.3 Å². The average molecular weight is 285 g/mol. The highest BCUT2D eigenvalue weighted by atomic mass is 16.5. The second kappa shape index (κ2) is 8.21. The lowest BCUT2D eigenvalue weighted by atomic mass is 9.94. The zero-order chi connectivity index (χ0) is 15.1. The fraction of sp³-hybridized carbons (Fsp3) is 0.857. The summed E-state index contributed by atoms with van der Waals surface area (Å²) in [5.41, 5.74) is 5.46. The van der Waals surface area contributed by atoms with E-state index in [1.165, 1.54) is 31.3 Å². The van der Waals surface area contributed by atoms with E-state index in [0.29, 0.717) is 6.04 Å². The second-order valence-electron chi connectivity index (χ2n) is 5.45. The second-order valence-corrected chi connectivity index (χ2v) is 5.45. The van der Waals surface area contributed by atoms with Gasteiger partial charge >= 0.3 is 0 Å². The molecule has 1 rings (SSSR count). The van der Waals surface area contributed by atoms with Crippen molar-refractivity contribution >= 4 is 11.8 Å². The van der Waals surface area contributed by atoms with E-state index in [1.54, 1.807) is 11.9 Å². The summed E-state index contributed by atoms with van der Waals surface area (Å²) in [5.74, 6) is -0.278. The third-order valence-electron chi connectivity index (χ3n) is 4.04. The minimum absolute atomic E-state index is 0.0281. The Bertz CT molecular complexity index is 326. The molecular formula is C14H27N3O3. The van der Waals surface area contributed by atoms with Crippen molar-refractivity contribution in [1.82, 2.24) is 9.80 Å². The largest absolute Gasteiger partial charge is 0.370 e. The van der Waals surface area contributed by atoms with E-state index in [4.69, 9.17) is 10.5 Å². The molecule has 1 aliphatic carbocycles. The number of carbonyl (C=O) groups is 2. The van der Waals surface area contributed by atoms with Crippen molar-refractivity contribution in [3.63, 3.8) is 0 Å². The predicted octanol–water partition coefficient (Wildman–Crippen LogP) is 0.210. The molecule has 6 heteroatoms. The van der Waals surface area contributed by atoms with E-state index in [9.17, 15) is 9.59 Å². The molecule has 0 aliphatic heterocycles. The van der Waals surface area contributed by atoms with Gasteiger partial charge in [0.05, 0.1) is 6.54 Å². The van der Waals surface area contributed by atoms with Gasteiger partial charge in [0.15, 0.2) is 0 Å². The molecule has 1 atom stereocenters. The number of carbonyl (C=O) groups excluding carboxylic acids is 2. The van der Waals surface area contributed by atoms with Crippen LogP contribution in [0.2, 0.25) is 0 Å². The summed E-state index contributed by atoms with van der Waals surface area (Å²) in [7, 11) is 4.88. The van der Waals surface area contributed by atoms with Crippen LogP contribution in [0, 0.1) is 0 Å². The molecule has 2 N–H and O–H groups in total. The van der Waals surface area contributed by atoms with Gasteiger partial charge in [0.2, 0.25) is 5.91 Å². The Morgan fingerprint density at radius 2 is 1.85 bits per heavy atom. The zero-order valence-corrected chi connectivity index (χ0v) is 12.8. The van der Waals surface area contributed by atoms with E-state index >= 15 is 0 Å². The van der Waals surface area contributed by atoms with Gasteiger partial charge in [0.1, 0.15) is 6.10 Å². The van der Waals surface area contributed by atoms with Crippen LogP contribution < -0.4 is 5.73 Å². The van der Waals surface area contributed by atoms with Crippen molar-refractivity contribution in [2.75, 3.05) is 34.3 Å². The van der Waals surface area contributed by atoms with Crippen LogP contribution >= 0.6 is 0 Å². The Labute approximate surface area is 121 Å². The summed E-state index contributed by atoms with van der Waals surface area (Å²) in [6.07, 6.45) is 5.05. The van der Waals surface area contributed by atoms with Gasteiger partial charge in [0, 0.05) is 33.8 Å². The van der Waals surface area contributed by atoms with Gasteiger partial charge in [-0.3, -0.25) is 9.59 Å². The first kappa shape index (κ1) is 16.9. The molecule has 6 nitrogen and oxygen atoms in total. The highest BCUT2D eigenvalue weighted by molar-refractivity contribution is 5.87. The lowest BCUT2D eigenvalue weighted by Crippen LogP contribution is -2.48. The lowest BCUT2D eigenvalue weighted by Gasteiger charge is -2.32. The summed E-state index contributed by atoms with van der Waals surface area (Å²) >= 11 is 0. The molecule has 0 radical (unpaired) electrons. The van der Waals surface area contributed by atoms with Crippen LogP contribution in [0.4, 0.5) is 0 Å². The van der Waals surface area contributed by atoms with Crippen LogP contribution in [0.15, 0.2) is 0 Å². The molecule has 0 aromatic rings. The lowest BCUT2D eigenvalue weighted by molar-refractivity contribution is -0.145. The normalized spacial score (nSPS) is 17.6. The average Bonchev–Trinajstić information content (AvgIpc) is 2.48. The minimum atomic E-state index is -0.673. The number of amides is 2. The van der Waals surface area contributed by atoms with E-state index in [2.05, 4.69) is 0 Å². The molecular weight excluding hydrogens is 258 g/mol. The number of rotatable bonds is 6. The summed E-state index contributed by atoms with van der Waals surface area (Å²) < 4.78 is 5.00. The molecule has 1 fully saturated rings. The van der Waals surface area contributed by atoms with E-state index in [-0.39, 0.29) is 24.9 Å². The number of hydrogen-bond acceptors (Lipinski definition) is 4. The zero-order valence-electron chi connectivity index (χ0n) is 12.8. The Hall–Kier alpha value is -1.14. The quantitative estimate of drug-likeness (QED) is 0.757. The molecule has 0 aromatic carbocycles. The van der Waals surface area contributed by atoms with Crippen molar-refractivity contribution in [2.45, 2.75) is 44.2 Å². The van der Waals surface area contributed by atoms with Gasteiger partial charge < -0.3 is 20.3 Å². The molecule has 1 aliphatic rings. The molecule has 0 aromatic heterocycles. The topological polar surface area (TPSA) is 75.9 Å². The van der Waals surface area contributed by atoms with Crippen molar-refractivity contribution < 1.29 is 14.3 Å². The van der Waals surface area contributed by atoms with Crippen LogP contribution in [0.25, 0.3) is 0 Å². The van der Waals surface area contributed by atoms with Crippen molar-refractivity contribution in [3.8, 4) is 0 Å². The molecule has 1 unspecified atom stereocenters. The van der Waals surface area contributed by atoms with Crippen molar-refractivity contribution in [2.24, 2.45) is 5.73 Å². The van der Waals surface area contributed by atoms with Gasteiger partial charge in [-0.25, -0.2) is 0 Å². The van der Waals surface area contributed by atoms with E-state index < -0.39 is 6.10 Å². The van der Waals surface area contributed by atoms with Gasteiger partial charge in [-0.2, -0.15) is 0 Å². The summed E-state index contributed by atoms with van der Waals surface area (Å²) in [6.45, 7) is 0.192. The molecule has 20 heavy (non-hydrogen) atoms. The first-order valence-corrected chi connectivity index (χ1v) is 7.24. The SMILES string of the molecule is COC(CN)C(=O)N(C)CC(=O)N(C)C1CCCCC1. The molecule has 2 amide bonds. The maximum Gasteiger partial charge on any atom is 0.253 e. The van der Waals surface area contributed by atoms with Gasteiger partial charge in [-0.1, -0.05) is 19.3 Å². The first-order chi connectivity index (χ1) is 9.51. The Kier molecular flexibility index (Phi) is 6.95. The van der Waals surface area contributed by atoms with Gasteiger partial charge in [-0.05, 0) is 12.8 Å². The standard InChI is InChI=1S/C14H27N3O3/c1-16(14(19)12(9-15)20-3)10-13(18)17(2)11-7-5-4-6-8-11/h11-12H,4-10,15H2,1-3H3. The first-order valence-electron chi connectivity index (χ1n) is 7.24. The molecule has 1 saturated carbocycles. The van der Waals surface area contributed by atoms with Crippen molar-refractivity contribution in [1.29, 1.82) is 0 Å². The van der Waals surface area contributed by atoms with Gasteiger partial charge in [-0.15, -0.1) is 0 Å². The Morgan fingerprint density at radius 1 is 1.25 bits per heavy atom. The van der Waals surface area contributed by atoms with Gasteiger partial charge in [0.25, 0.3) is 5.91 Å². The smallest absolute Gasteiger partial charge is 0.253 e. The van der Waals surface area contributed by atoms with E-state index in [1.807, 2.05) is 7.05 Å². The number of nitrogens with zero attached hydrogens (tertiary/aromatic N) is 2. The molecule has 0 saturated heterocycles. The summed E-state index contributed by atoms with van der Waals surface area (Å²) in [6, 6.07) is 0.312. The Balaban J connectivity index is 2.49. The minimum Gasteiger partial charge on any atom is -0.370 e. The predicted molar refractivity (Wildman–Crippen MR) is 77.1 cm³/mol. The van der Waals surface area contributed by atoms with Crippen LogP contribution in [0.1, 0.15) is 32.1 Å². The number of nitrogens with two attached hydrogens (primary N) is 1. The third kappa shape index (κ3) is 4.45. The van der Waals surface area contributed by atoms with Crippen LogP contribution in [-0.4, -0.2) is 68.1 Å². The summed E-state index contributed by atoms with van der Waals surface area (Å²) in [4.78, 5) is 27.4. The fourth-order valence-electron chi connectivity index (χ4n) is 2.61. The molecule has 116 valence electrons. The molecule has 0 heterocycles.